The molecule has 1 unspecified atom stereocenters. The molecule has 1 aliphatic heterocycles. The minimum Gasteiger partial charge on any atom is -0.374 e. The first-order chi connectivity index (χ1) is 9.22. The molecular weight excluding hydrogens is 238 g/mol. The van der Waals surface area contributed by atoms with Crippen molar-refractivity contribution in [3.05, 3.63) is 0 Å². The minimum absolute atomic E-state index is 0.393. The van der Waals surface area contributed by atoms with Gasteiger partial charge in [-0.05, 0) is 38.8 Å². The first kappa shape index (κ1) is 15.2. The van der Waals surface area contributed by atoms with E-state index < -0.39 is 0 Å². The molecule has 0 radical (unpaired) electrons. The van der Waals surface area contributed by atoms with E-state index in [0.717, 1.165) is 45.4 Å². The van der Waals surface area contributed by atoms with Crippen molar-refractivity contribution < 1.29 is 4.74 Å². The van der Waals surface area contributed by atoms with Crippen molar-refractivity contribution in [1.82, 2.24) is 9.80 Å². The van der Waals surface area contributed by atoms with Crippen molar-refractivity contribution in [1.29, 1.82) is 0 Å². The number of hydrogen-bond acceptors (Lipinski definition) is 4. The van der Waals surface area contributed by atoms with Crippen molar-refractivity contribution in [3.63, 3.8) is 0 Å². The lowest BCUT2D eigenvalue weighted by Crippen LogP contribution is -2.50. The van der Waals surface area contributed by atoms with Crippen LogP contribution in [0.4, 0.5) is 0 Å². The van der Waals surface area contributed by atoms with E-state index in [1.807, 2.05) is 0 Å². The summed E-state index contributed by atoms with van der Waals surface area (Å²) in [6.45, 7) is 11.0. The van der Waals surface area contributed by atoms with Crippen LogP contribution in [0.25, 0.3) is 0 Å². The fraction of sp³-hybridized carbons (Fsp3) is 1.00. The number of nitrogens with two attached hydrogens (primary N) is 1. The largest absolute Gasteiger partial charge is 0.374 e. The van der Waals surface area contributed by atoms with Gasteiger partial charge in [-0.2, -0.15) is 0 Å². The summed E-state index contributed by atoms with van der Waals surface area (Å²) in [6.07, 6.45) is 5.30. The lowest BCUT2D eigenvalue weighted by molar-refractivity contribution is -0.0486. The van der Waals surface area contributed by atoms with Gasteiger partial charge in [0.25, 0.3) is 0 Å². The third-order valence-electron chi connectivity index (χ3n) is 4.77. The van der Waals surface area contributed by atoms with E-state index >= 15 is 0 Å². The highest BCUT2D eigenvalue weighted by Crippen LogP contribution is 2.22. The highest BCUT2D eigenvalue weighted by molar-refractivity contribution is 4.83. The molecule has 0 spiro atoms. The molecule has 1 saturated carbocycles. The van der Waals surface area contributed by atoms with Crippen LogP contribution in [-0.4, -0.2) is 67.3 Å². The number of likely N-dealkylation sites (N-methyl/N-ethyl adjacent to an activating group) is 2. The van der Waals surface area contributed by atoms with Crippen LogP contribution >= 0.6 is 0 Å². The topological polar surface area (TPSA) is 41.7 Å². The van der Waals surface area contributed by atoms with E-state index in [9.17, 15) is 0 Å². The lowest BCUT2D eigenvalue weighted by Gasteiger charge is -2.40. The van der Waals surface area contributed by atoms with Gasteiger partial charge in [-0.25, -0.2) is 0 Å². The molecule has 19 heavy (non-hydrogen) atoms. The zero-order chi connectivity index (χ0) is 13.7. The standard InChI is InChI=1S/C15H31N3O/c1-3-17-9-10-19-15(11-17)12-18(4-2)14-7-5-13(16)6-8-14/h13-15H,3-12,16H2,1-2H3. The molecule has 1 saturated heterocycles. The Morgan fingerprint density at radius 1 is 1.21 bits per heavy atom. The highest BCUT2D eigenvalue weighted by Gasteiger charge is 2.27. The maximum absolute atomic E-state index is 6.01. The maximum Gasteiger partial charge on any atom is 0.0829 e. The van der Waals surface area contributed by atoms with Gasteiger partial charge in [0.1, 0.15) is 0 Å². The van der Waals surface area contributed by atoms with Crippen molar-refractivity contribution in [2.24, 2.45) is 5.73 Å². The van der Waals surface area contributed by atoms with Crippen molar-refractivity contribution in [3.8, 4) is 0 Å². The van der Waals surface area contributed by atoms with Gasteiger partial charge in [-0.3, -0.25) is 9.80 Å². The van der Waals surface area contributed by atoms with Gasteiger partial charge >= 0.3 is 0 Å². The molecular formula is C15H31N3O. The molecule has 1 atom stereocenters. The zero-order valence-corrected chi connectivity index (χ0v) is 12.7. The monoisotopic (exact) mass is 269 g/mol. The van der Waals surface area contributed by atoms with E-state index in [4.69, 9.17) is 10.5 Å². The molecule has 0 bridgehead atoms. The molecule has 2 aliphatic rings. The van der Waals surface area contributed by atoms with Crippen LogP contribution in [0.3, 0.4) is 0 Å². The van der Waals surface area contributed by atoms with Crippen molar-refractivity contribution in [2.75, 3.05) is 39.3 Å². The van der Waals surface area contributed by atoms with Crippen molar-refractivity contribution >= 4 is 0 Å². The Bertz CT molecular complexity index is 254. The van der Waals surface area contributed by atoms with E-state index in [1.165, 1.54) is 25.7 Å². The first-order valence-corrected chi connectivity index (χ1v) is 8.06. The van der Waals surface area contributed by atoms with Gasteiger partial charge in [0.05, 0.1) is 12.7 Å². The summed E-state index contributed by atoms with van der Waals surface area (Å²) < 4.78 is 5.95. The average Bonchev–Trinajstić information content (AvgIpc) is 2.46. The van der Waals surface area contributed by atoms with E-state index in [0.29, 0.717) is 12.1 Å². The third-order valence-corrected chi connectivity index (χ3v) is 4.77. The second-order valence-electron chi connectivity index (χ2n) is 6.04. The van der Waals surface area contributed by atoms with Crippen LogP contribution in [0, 0.1) is 0 Å². The molecule has 0 aromatic heterocycles. The number of ether oxygens (including phenoxy) is 1. The SMILES string of the molecule is CCN1CCOC(CN(CC)C2CCC(N)CC2)C1. The maximum atomic E-state index is 6.01. The molecule has 1 heterocycles. The normalized spacial score (nSPS) is 33.8. The van der Waals surface area contributed by atoms with E-state index in [-0.39, 0.29) is 0 Å². The summed E-state index contributed by atoms with van der Waals surface area (Å²) in [6, 6.07) is 1.17. The predicted octanol–water partition coefficient (Wildman–Crippen LogP) is 1.30. The summed E-state index contributed by atoms with van der Waals surface area (Å²) in [4.78, 5) is 5.12. The Morgan fingerprint density at radius 2 is 1.95 bits per heavy atom. The smallest absolute Gasteiger partial charge is 0.0829 e. The molecule has 1 aliphatic carbocycles. The van der Waals surface area contributed by atoms with Crippen LogP contribution in [0.1, 0.15) is 39.5 Å². The first-order valence-electron chi connectivity index (χ1n) is 8.06. The summed E-state index contributed by atoms with van der Waals surface area (Å²) >= 11 is 0. The number of rotatable bonds is 5. The molecule has 2 rings (SSSR count). The summed E-state index contributed by atoms with van der Waals surface area (Å²) in [7, 11) is 0. The van der Waals surface area contributed by atoms with Crippen LogP contribution < -0.4 is 5.73 Å². The Balaban J connectivity index is 1.81. The van der Waals surface area contributed by atoms with Gasteiger partial charge in [0.2, 0.25) is 0 Å². The fourth-order valence-corrected chi connectivity index (χ4v) is 3.44. The van der Waals surface area contributed by atoms with Gasteiger partial charge in [0, 0.05) is 31.7 Å². The molecule has 4 heteroatoms. The average molecular weight is 269 g/mol. The number of hydrogen-bond donors (Lipinski definition) is 1. The van der Waals surface area contributed by atoms with E-state index in [1.54, 1.807) is 0 Å². The van der Waals surface area contributed by atoms with Gasteiger partial charge in [-0.1, -0.05) is 13.8 Å². The van der Waals surface area contributed by atoms with Gasteiger partial charge in [-0.15, -0.1) is 0 Å². The second-order valence-corrected chi connectivity index (χ2v) is 6.04. The Hall–Kier alpha value is -0.160. The summed E-state index contributed by atoms with van der Waals surface area (Å²) in [5, 5.41) is 0. The molecule has 0 aromatic carbocycles. The zero-order valence-electron chi connectivity index (χ0n) is 12.7. The summed E-state index contributed by atoms with van der Waals surface area (Å²) in [5.74, 6) is 0. The van der Waals surface area contributed by atoms with Crippen LogP contribution in [0.15, 0.2) is 0 Å². The molecule has 2 N–H and O–H groups in total. The Kier molecular flexibility index (Phi) is 6.07. The number of nitrogens with zero attached hydrogens (tertiary/aromatic N) is 2. The molecule has 112 valence electrons. The number of morpholine rings is 1. The quantitative estimate of drug-likeness (QED) is 0.817. The Morgan fingerprint density at radius 3 is 2.58 bits per heavy atom. The molecule has 0 aromatic rings. The predicted molar refractivity (Wildman–Crippen MR) is 79.3 cm³/mol. The third kappa shape index (κ3) is 4.42. The highest BCUT2D eigenvalue weighted by atomic mass is 16.5. The molecule has 2 fully saturated rings. The van der Waals surface area contributed by atoms with E-state index in [2.05, 4.69) is 23.6 Å². The van der Waals surface area contributed by atoms with Crippen molar-refractivity contribution in [2.45, 2.75) is 57.7 Å². The minimum atomic E-state index is 0.393. The van der Waals surface area contributed by atoms with Gasteiger partial charge < -0.3 is 10.5 Å². The van der Waals surface area contributed by atoms with Crippen LogP contribution in [-0.2, 0) is 4.74 Å². The fourth-order valence-electron chi connectivity index (χ4n) is 3.44. The lowest BCUT2D eigenvalue weighted by atomic mass is 9.90. The summed E-state index contributed by atoms with van der Waals surface area (Å²) in [5.41, 5.74) is 6.01. The van der Waals surface area contributed by atoms with Crippen LogP contribution in [0.5, 0.6) is 0 Å². The second kappa shape index (κ2) is 7.58. The molecule has 4 nitrogen and oxygen atoms in total. The van der Waals surface area contributed by atoms with Gasteiger partial charge in [0.15, 0.2) is 0 Å². The van der Waals surface area contributed by atoms with Crippen LogP contribution in [0.2, 0.25) is 0 Å². The molecule has 0 amide bonds. The Labute approximate surface area is 118 Å².